The summed E-state index contributed by atoms with van der Waals surface area (Å²) in [5, 5.41) is 0.302. The van der Waals surface area contributed by atoms with E-state index in [9.17, 15) is 26.0 Å². The molecule has 0 N–H and O–H groups in total. The Morgan fingerprint density at radius 3 is 2.31 bits per heavy atom. The van der Waals surface area contributed by atoms with Crippen LogP contribution in [0.25, 0.3) is 0 Å². The van der Waals surface area contributed by atoms with Crippen molar-refractivity contribution in [3.05, 3.63) is 58.6 Å². The molecular weight excluding hydrogens is 612 g/mol. The Hall–Kier alpha value is -2.28. The van der Waals surface area contributed by atoms with Gasteiger partial charge >= 0.3 is 0 Å². The summed E-state index contributed by atoms with van der Waals surface area (Å²) in [6, 6.07) is 7.18. The van der Waals surface area contributed by atoms with Gasteiger partial charge < -0.3 is 14.4 Å². The van der Waals surface area contributed by atoms with Crippen LogP contribution in [0.5, 0.6) is 5.75 Å². The second-order valence-corrected chi connectivity index (χ2v) is 16.7. The predicted octanol–water partition coefficient (Wildman–Crippen LogP) is 4.93. The standard InChI is InChI=1S/C29H36ClF2NO7S2/c1-19(34)33(28(2,3)4)14-5-16-41(35,36)17-12-25-22-18-40-27-24(32)11-10-23(31)26(27)29(22,13-15-39-25)42(37,38)21-8-6-20(30)7-9-21/h6-11,22,25H,5,12-18H2,1-4H3/t22-,25-,29-/m0/s1. The van der Waals surface area contributed by atoms with Crippen LogP contribution in [-0.4, -0.2) is 70.5 Å². The molecule has 1 saturated heterocycles. The Labute approximate surface area is 251 Å². The molecule has 0 aliphatic carbocycles. The van der Waals surface area contributed by atoms with Crippen molar-refractivity contribution in [3.63, 3.8) is 0 Å². The van der Waals surface area contributed by atoms with E-state index in [1.807, 2.05) is 20.8 Å². The molecule has 1 amide bonds. The van der Waals surface area contributed by atoms with Gasteiger partial charge in [-0.2, -0.15) is 0 Å². The molecule has 0 aromatic heterocycles. The van der Waals surface area contributed by atoms with Crippen LogP contribution in [-0.2, 0) is 34.0 Å². The first-order valence-electron chi connectivity index (χ1n) is 13.7. The summed E-state index contributed by atoms with van der Waals surface area (Å²) in [6.07, 6.45) is -0.967. The third kappa shape index (κ3) is 6.18. The van der Waals surface area contributed by atoms with E-state index < -0.39 is 64.9 Å². The molecule has 2 heterocycles. The normalized spacial score (nSPS) is 22.5. The molecule has 13 heteroatoms. The van der Waals surface area contributed by atoms with Crippen LogP contribution in [0, 0.1) is 17.6 Å². The third-order valence-electron chi connectivity index (χ3n) is 8.09. The van der Waals surface area contributed by atoms with E-state index in [2.05, 4.69) is 0 Å². The predicted molar refractivity (Wildman–Crippen MR) is 155 cm³/mol. The highest BCUT2D eigenvalue weighted by molar-refractivity contribution is 7.92. The van der Waals surface area contributed by atoms with Gasteiger partial charge in [0.2, 0.25) is 5.91 Å². The number of sulfone groups is 2. The highest BCUT2D eigenvalue weighted by Crippen LogP contribution is 2.56. The summed E-state index contributed by atoms with van der Waals surface area (Å²) < 4.78 is 94.8. The van der Waals surface area contributed by atoms with Gasteiger partial charge in [0.1, 0.15) is 20.4 Å². The largest absolute Gasteiger partial charge is 0.490 e. The number of rotatable bonds is 9. The molecule has 0 unspecified atom stereocenters. The molecule has 2 aliphatic heterocycles. The Balaban J connectivity index is 1.64. The van der Waals surface area contributed by atoms with Crippen LogP contribution in [0.1, 0.15) is 52.5 Å². The minimum atomic E-state index is -4.40. The summed E-state index contributed by atoms with van der Waals surface area (Å²) in [7, 11) is -8.03. The van der Waals surface area contributed by atoms with E-state index in [-0.39, 0.29) is 61.3 Å². The van der Waals surface area contributed by atoms with Gasteiger partial charge in [0, 0.05) is 36.6 Å². The number of carbonyl (C=O) groups excluding carboxylic acids is 1. The molecule has 0 saturated carbocycles. The second kappa shape index (κ2) is 12.0. The molecule has 0 bridgehead atoms. The summed E-state index contributed by atoms with van der Waals surface area (Å²) >= 11 is 5.99. The summed E-state index contributed by atoms with van der Waals surface area (Å²) in [5.41, 5.74) is -0.868. The third-order valence-corrected chi connectivity index (χ3v) is 12.7. The molecule has 8 nitrogen and oxygen atoms in total. The van der Waals surface area contributed by atoms with Crippen molar-refractivity contribution in [3.8, 4) is 5.75 Å². The lowest BCUT2D eigenvalue weighted by Crippen LogP contribution is -2.57. The summed E-state index contributed by atoms with van der Waals surface area (Å²) in [5.74, 6) is -3.98. The molecule has 232 valence electrons. The van der Waals surface area contributed by atoms with E-state index in [4.69, 9.17) is 21.1 Å². The van der Waals surface area contributed by atoms with Crippen LogP contribution in [0.3, 0.4) is 0 Å². The number of benzene rings is 2. The zero-order chi connectivity index (χ0) is 31.1. The number of hydrogen-bond donors (Lipinski definition) is 0. The van der Waals surface area contributed by atoms with Crippen LogP contribution in [0.4, 0.5) is 8.78 Å². The maximum Gasteiger partial charge on any atom is 0.219 e. The lowest BCUT2D eigenvalue weighted by Gasteiger charge is -2.50. The Morgan fingerprint density at radius 2 is 1.69 bits per heavy atom. The van der Waals surface area contributed by atoms with Gasteiger partial charge in [0.05, 0.1) is 34.7 Å². The van der Waals surface area contributed by atoms with Crippen LogP contribution >= 0.6 is 11.6 Å². The van der Waals surface area contributed by atoms with Crippen molar-refractivity contribution in [2.75, 3.05) is 31.3 Å². The maximum atomic E-state index is 15.5. The van der Waals surface area contributed by atoms with Gasteiger partial charge in [-0.3, -0.25) is 4.79 Å². The van der Waals surface area contributed by atoms with E-state index in [0.717, 1.165) is 12.1 Å². The number of ether oxygens (including phenoxy) is 2. The highest BCUT2D eigenvalue weighted by atomic mass is 35.5. The Morgan fingerprint density at radius 1 is 1.05 bits per heavy atom. The van der Waals surface area contributed by atoms with E-state index in [1.165, 1.54) is 31.2 Å². The average molecular weight is 648 g/mol. The number of nitrogens with zero attached hydrogens (tertiary/aromatic N) is 1. The average Bonchev–Trinajstić information content (AvgIpc) is 2.90. The quantitative estimate of drug-likeness (QED) is 0.380. The van der Waals surface area contributed by atoms with Crippen LogP contribution in [0.2, 0.25) is 5.02 Å². The molecule has 2 aromatic carbocycles. The minimum absolute atomic E-state index is 0.0732. The molecular formula is C29H36ClF2NO7S2. The lowest BCUT2D eigenvalue weighted by molar-refractivity contribution is -0.133. The van der Waals surface area contributed by atoms with Crippen molar-refractivity contribution in [1.29, 1.82) is 0 Å². The van der Waals surface area contributed by atoms with Crippen LogP contribution < -0.4 is 4.74 Å². The highest BCUT2D eigenvalue weighted by Gasteiger charge is 2.61. The fraction of sp³-hybridized carbons (Fsp3) is 0.552. The Kier molecular flexibility index (Phi) is 9.33. The zero-order valence-corrected chi connectivity index (χ0v) is 26.4. The van der Waals surface area contributed by atoms with Crippen molar-refractivity contribution in [1.82, 2.24) is 4.90 Å². The maximum absolute atomic E-state index is 15.5. The van der Waals surface area contributed by atoms with Crippen molar-refractivity contribution >= 4 is 37.2 Å². The van der Waals surface area contributed by atoms with Crippen LogP contribution in [0.15, 0.2) is 41.3 Å². The topological polar surface area (TPSA) is 107 Å². The van der Waals surface area contributed by atoms with Gasteiger partial charge in [0.15, 0.2) is 21.4 Å². The molecule has 42 heavy (non-hydrogen) atoms. The minimum Gasteiger partial charge on any atom is -0.490 e. The zero-order valence-electron chi connectivity index (χ0n) is 24.0. The van der Waals surface area contributed by atoms with Crippen molar-refractivity contribution in [2.45, 2.75) is 68.2 Å². The number of amides is 1. The SMILES string of the molecule is CC(=O)N(CCCS(=O)(=O)CC[C@@H]1OCC[C@@]2(S(=O)(=O)c3ccc(Cl)cc3)c3c(F)ccc(F)c3OC[C@@H]12)C(C)(C)C. The number of halogens is 3. The van der Waals surface area contributed by atoms with Gasteiger partial charge in [-0.1, -0.05) is 11.6 Å². The molecule has 1 fully saturated rings. The monoisotopic (exact) mass is 647 g/mol. The first-order chi connectivity index (χ1) is 19.5. The second-order valence-electron chi connectivity index (χ2n) is 11.8. The molecule has 2 aliphatic rings. The van der Waals surface area contributed by atoms with Gasteiger partial charge in [0.25, 0.3) is 0 Å². The summed E-state index contributed by atoms with van der Waals surface area (Å²) in [4.78, 5) is 13.5. The fourth-order valence-corrected chi connectivity index (χ4v) is 9.97. The summed E-state index contributed by atoms with van der Waals surface area (Å²) in [6.45, 7) is 6.86. The molecule has 3 atom stereocenters. The molecule has 2 aromatic rings. The van der Waals surface area contributed by atoms with E-state index in [1.54, 1.807) is 4.90 Å². The van der Waals surface area contributed by atoms with Crippen molar-refractivity contribution < 1.29 is 39.9 Å². The van der Waals surface area contributed by atoms with E-state index in [0.29, 0.717) is 5.02 Å². The van der Waals surface area contributed by atoms with Crippen molar-refractivity contribution in [2.24, 2.45) is 5.92 Å². The first kappa shape index (κ1) is 32.6. The molecule has 0 spiro atoms. The number of hydrogen-bond acceptors (Lipinski definition) is 7. The Bertz CT molecular complexity index is 1540. The smallest absolute Gasteiger partial charge is 0.219 e. The molecule has 0 radical (unpaired) electrons. The first-order valence-corrected chi connectivity index (χ1v) is 17.4. The fourth-order valence-electron chi connectivity index (χ4n) is 6.14. The lowest BCUT2D eigenvalue weighted by atomic mass is 9.75. The van der Waals surface area contributed by atoms with Gasteiger partial charge in [-0.05, 0) is 76.4 Å². The number of carbonyl (C=O) groups is 1. The van der Waals surface area contributed by atoms with Gasteiger partial charge in [-0.25, -0.2) is 25.6 Å². The van der Waals surface area contributed by atoms with Gasteiger partial charge in [-0.15, -0.1) is 0 Å². The number of fused-ring (bicyclic) bond motifs is 3. The molecule has 4 rings (SSSR count). The van der Waals surface area contributed by atoms with E-state index >= 15 is 4.39 Å².